The SMILES string of the molecule is Cc1ccc(C)c(CCC2CCCCC2N)c1. The topological polar surface area (TPSA) is 26.0 Å². The van der Waals surface area contributed by atoms with Crippen molar-refractivity contribution >= 4 is 0 Å². The predicted octanol–water partition coefficient (Wildman–Crippen LogP) is 3.75. The van der Waals surface area contributed by atoms with Crippen LogP contribution in [0, 0.1) is 19.8 Å². The lowest BCUT2D eigenvalue weighted by atomic mass is 9.81. The summed E-state index contributed by atoms with van der Waals surface area (Å²) in [4.78, 5) is 0. The molecule has 2 unspecified atom stereocenters. The molecule has 2 atom stereocenters. The first-order valence-electron chi connectivity index (χ1n) is 6.98. The third-order valence-electron chi connectivity index (χ3n) is 4.26. The van der Waals surface area contributed by atoms with E-state index in [0.29, 0.717) is 6.04 Å². The number of hydrogen-bond acceptors (Lipinski definition) is 1. The Kier molecular flexibility index (Phi) is 4.22. The van der Waals surface area contributed by atoms with Gasteiger partial charge in [0.25, 0.3) is 0 Å². The van der Waals surface area contributed by atoms with Gasteiger partial charge in [0.1, 0.15) is 0 Å². The molecule has 1 nitrogen and oxygen atoms in total. The molecule has 0 amide bonds. The predicted molar refractivity (Wildman–Crippen MR) is 74.2 cm³/mol. The van der Waals surface area contributed by atoms with Crippen LogP contribution in [-0.4, -0.2) is 6.04 Å². The summed E-state index contributed by atoms with van der Waals surface area (Å²) >= 11 is 0. The second-order valence-corrected chi connectivity index (χ2v) is 5.68. The third-order valence-corrected chi connectivity index (χ3v) is 4.26. The van der Waals surface area contributed by atoms with Crippen LogP contribution in [0.5, 0.6) is 0 Å². The fourth-order valence-corrected chi connectivity index (χ4v) is 3.01. The van der Waals surface area contributed by atoms with Gasteiger partial charge in [-0.15, -0.1) is 0 Å². The smallest absolute Gasteiger partial charge is 0.00672 e. The van der Waals surface area contributed by atoms with Crippen molar-refractivity contribution in [1.29, 1.82) is 0 Å². The van der Waals surface area contributed by atoms with Gasteiger partial charge in [-0.2, -0.15) is 0 Å². The highest BCUT2D eigenvalue weighted by Crippen LogP contribution is 2.27. The third kappa shape index (κ3) is 3.32. The van der Waals surface area contributed by atoms with Crippen molar-refractivity contribution < 1.29 is 0 Å². The minimum Gasteiger partial charge on any atom is -0.327 e. The average Bonchev–Trinajstić information content (AvgIpc) is 2.32. The minimum absolute atomic E-state index is 0.453. The molecular formula is C16H25N. The summed E-state index contributed by atoms with van der Waals surface area (Å²) in [7, 11) is 0. The van der Waals surface area contributed by atoms with Crippen LogP contribution in [0.4, 0.5) is 0 Å². The Morgan fingerprint density at radius 1 is 1.18 bits per heavy atom. The average molecular weight is 231 g/mol. The molecule has 0 aromatic heterocycles. The van der Waals surface area contributed by atoms with Crippen molar-refractivity contribution in [2.24, 2.45) is 11.7 Å². The standard InChI is InChI=1S/C16H25N/c1-12-7-8-13(2)15(11-12)10-9-14-5-3-4-6-16(14)17/h7-8,11,14,16H,3-6,9-10,17H2,1-2H3. The Bertz CT molecular complexity index is 370. The van der Waals surface area contributed by atoms with Crippen LogP contribution in [0.2, 0.25) is 0 Å². The second-order valence-electron chi connectivity index (χ2n) is 5.68. The molecule has 1 aliphatic rings. The molecule has 1 saturated carbocycles. The van der Waals surface area contributed by atoms with Crippen LogP contribution in [0.15, 0.2) is 18.2 Å². The molecule has 0 spiro atoms. The van der Waals surface area contributed by atoms with Crippen LogP contribution in [0.1, 0.15) is 48.8 Å². The van der Waals surface area contributed by atoms with E-state index in [0.717, 1.165) is 5.92 Å². The largest absolute Gasteiger partial charge is 0.327 e. The van der Waals surface area contributed by atoms with E-state index in [1.807, 2.05) is 0 Å². The zero-order valence-electron chi connectivity index (χ0n) is 11.2. The van der Waals surface area contributed by atoms with Crippen LogP contribution in [0.25, 0.3) is 0 Å². The number of rotatable bonds is 3. The molecule has 17 heavy (non-hydrogen) atoms. The van der Waals surface area contributed by atoms with E-state index in [1.165, 1.54) is 55.2 Å². The first kappa shape index (κ1) is 12.6. The molecule has 1 heteroatoms. The number of hydrogen-bond donors (Lipinski definition) is 1. The molecule has 1 aliphatic carbocycles. The van der Waals surface area contributed by atoms with Gasteiger partial charge in [-0.25, -0.2) is 0 Å². The van der Waals surface area contributed by atoms with E-state index in [1.54, 1.807) is 0 Å². The Labute approximate surface area is 105 Å². The summed E-state index contributed by atoms with van der Waals surface area (Å²) in [5, 5.41) is 0. The van der Waals surface area contributed by atoms with Crippen LogP contribution >= 0.6 is 0 Å². The summed E-state index contributed by atoms with van der Waals surface area (Å²) in [6.07, 6.45) is 7.76. The molecule has 94 valence electrons. The molecular weight excluding hydrogens is 206 g/mol. The van der Waals surface area contributed by atoms with Gasteiger partial charge in [0.15, 0.2) is 0 Å². The highest BCUT2D eigenvalue weighted by atomic mass is 14.7. The van der Waals surface area contributed by atoms with Crippen molar-refractivity contribution in [1.82, 2.24) is 0 Å². The maximum Gasteiger partial charge on any atom is 0.00672 e. The Morgan fingerprint density at radius 3 is 2.71 bits per heavy atom. The normalized spacial score (nSPS) is 24.9. The second kappa shape index (κ2) is 5.68. The molecule has 0 radical (unpaired) electrons. The summed E-state index contributed by atoms with van der Waals surface area (Å²) < 4.78 is 0. The summed E-state index contributed by atoms with van der Waals surface area (Å²) in [6, 6.07) is 7.23. The lowest BCUT2D eigenvalue weighted by Crippen LogP contribution is -2.33. The van der Waals surface area contributed by atoms with Gasteiger partial charge in [0.2, 0.25) is 0 Å². The summed E-state index contributed by atoms with van der Waals surface area (Å²) in [6.45, 7) is 4.39. The number of nitrogens with two attached hydrogens (primary N) is 1. The van der Waals surface area contributed by atoms with Crippen LogP contribution in [-0.2, 0) is 6.42 Å². The van der Waals surface area contributed by atoms with Gasteiger partial charge in [-0.1, -0.05) is 36.6 Å². The maximum absolute atomic E-state index is 6.21. The van der Waals surface area contributed by atoms with Gasteiger partial charge < -0.3 is 5.73 Å². The van der Waals surface area contributed by atoms with E-state index >= 15 is 0 Å². The van der Waals surface area contributed by atoms with E-state index in [2.05, 4.69) is 32.0 Å². The lowest BCUT2D eigenvalue weighted by molar-refractivity contribution is 0.292. The highest BCUT2D eigenvalue weighted by molar-refractivity contribution is 5.30. The fraction of sp³-hybridized carbons (Fsp3) is 0.625. The van der Waals surface area contributed by atoms with Crippen LogP contribution < -0.4 is 5.73 Å². The number of aryl methyl sites for hydroxylation is 3. The first-order valence-corrected chi connectivity index (χ1v) is 6.98. The van der Waals surface area contributed by atoms with Gasteiger partial charge in [-0.3, -0.25) is 0 Å². The summed E-state index contributed by atoms with van der Waals surface area (Å²) in [5.41, 5.74) is 10.5. The van der Waals surface area contributed by atoms with Gasteiger partial charge in [0.05, 0.1) is 0 Å². The van der Waals surface area contributed by atoms with Crippen molar-refractivity contribution in [3.05, 3.63) is 34.9 Å². The molecule has 0 heterocycles. The molecule has 0 saturated heterocycles. The zero-order chi connectivity index (χ0) is 12.3. The van der Waals surface area contributed by atoms with E-state index in [9.17, 15) is 0 Å². The quantitative estimate of drug-likeness (QED) is 0.842. The Morgan fingerprint density at radius 2 is 1.94 bits per heavy atom. The van der Waals surface area contributed by atoms with E-state index in [-0.39, 0.29) is 0 Å². The summed E-state index contributed by atoms with van der Waals surface area (Å²) in [5.74, 6) is 0.753. The van der Waals surface area contributed by atoms with Crippen molar-refractivity contribution in [2.45, 2.75) is 58.4 Å². The maximum atomic E-state index is 6.21. The molecule has 0 aliphatic heterocycles. The van der Waals surface area contributed by atoms with Gasteiger partial charge in [-0.05, 0) is 56.6 Å². The molecule has 2 N–H and O–H groups in total. The monoisotopic (exact) mass is 231 g/mol. The van der Waals surface area contributed by atoms with E-state index in [4.69, 9.17) is 5.73 Å². The van der Waals surface area contributed by atoms with Gasteiger partial charge in [0, 0.05) is 6.04 Å². The Balaban J connectivity index is 1.94. The van der Waals surface area contributed by atoms with Crippen molar-refractivity contribution in [2.75, 3.05) is 0 Å². The molecule has 1 fully saturated rings. The first-order chi connectivity index (χ1) is 8.16. The Hall–Kier alpha value is -0.820. The highest BCUT2D eigenvalue weighted by Gasteiger charge is 2.21. The van der Waals surface area contributed by atoms with Crippen LogP contribution in [0.3, 0.4) is 0 Å². The minimum atomic E-state index is 0.453. The molecule has 1 aromatic carbocycles. The fourth-order valence-electron chi connectivity index (χ4n) is 3.01. The molecule has 2 rings (SSSR count). The molecule has 1 aromatic rings. The lowest BCUT2D eigenvalue weighted by Gasteiger charge is -2.28. The number of benzene rings is 1. The van der Waals surface area contributed by atoms with Gasteiger partial charge >= 0.3 is 0 Å². The van der Waals surface area contributed by atoms with Crippen molar-refractivity contribution in [3.8, 4) is 0 Å². The zero-order valence-corrected chi connectivity index (χ0v) is 11.2. The molecule has 0 bridgehead atoms. The van der Waals surface area contributed by atoms with Crippen molar-refractivity contribution in [3.63, 3.8) is 0 Å². The van der Waals surface area contributed by atoms with E-state index < -0.39 is 0 Å².